The Labute approximate surface area is 156 Å². The van der Waals surface area contributed by atoms with Crippen molar-refractivity contribution in [3.05, 3.63) is 36.0 Å². The van der Waals surface area contributed by atoms with E-state index >= 15 is 0 Å². The van der Waals surface area contributed by atoms with Crippen LogP contribution in [0, 0.1) is 6.92 Å². The minimum absolute atomic E-state index is 0.820. The SMILES string of the molecule is CCN(CC)c1ccc(Nc2cc(C)nc(N3CCN(C)CC3)n2)cc1. The summed E-state index contributed by atoms with van der Waals surface area (Å²) in [4.78, 5) is 16.3. The normalized spacial score (nSPS) is 15.2. The lowest BCUT2D eigenvalue weighted by Gasteiger charge is -2.32. The summed E-state index contributed by atoms with van der Waals surface area (Å²) in [6, 6.07) is 10.5. The van der Waals surface area contributed by atoms with E-state index in [9.17, 15) is 0 Å². The summed E-state index contributed by atoms with van der Waals surface area (Å²) in [5, 5.41) is 3.43. The number of hydrogen-bond donors (Lipinski definition) is 1. The van der Waals surface area contributed by atoms with Gasteiger partial charge in [0.05, 0.1) is 0 Å². The average molecular weight is 355 g/mol. The Kier molecular flexibility index (Phi) is 5.93. The van der Waals surface area contributed by atoms with Crippen LogP contribution in [0.3, 0.4) is 0 Å². The van der Waals surface area contributed by atoms with Gasteiger partial charge in [-0.15, -0.1) is 0 Å². The summed E-state index contributed by atoms with van der Waals surface area (Å²) in [6.45, 7) is 12.5. The van der Waals surface area contributed by atoms with Crippen molar-refractivity contribution in [2.45, 2.75) is 20.8 Å². The van der Waals surface area contributed by atoms with Crippen molar-refractivity contribution >= 4 is 23.1 Å². The lowest BCUT2D eigenvalue weighted by molar-refractivity contribution is 0.311. The summed E-state index contributed by atoms with van der Waals surface area (Å²) in [6.07, 6.45) is 0. The molecule has 2 heterocycles. The Balaban J connectivity index is 1.73. The van der Waals surface area contributed by atoms with Crippen LogP contribution in [0.5, 0.6) is 0 Å². The van der Waals surface area contributed by atoms with Crippen LogP contribution in [0.4, 0.5) is 23.1 Å². The van der Waals surface area contributed by atoms with Crippen LogP contribution in [-0.4, -0.2) is 61.2 Å². The highest BCUT2D eigenvalue weighted by Gasteiger charge is 2.17. The van der Waals surface area contributed by atoms with Crippen LogP contribution in [0.15, 0.2) is 30.3 Å². The molecule has 0 saturated carbocycles. The van der Waals surface area contributed by atoms with E-state index in [1.54, 1.807) is 0 Å². The molecule has 26 heavy (non-hydrogen) atoms. The quantitative estimate of drug-likeness (QED) is 0.860. The molecule has 140 valence electrons. The fourth-order valence-electron chi connectivity index (χ4n) is 3.26. The summed E-state index contributed by atoms with van der Waals surface area (Å²) in [7, 11) is 2.16. The Morgan fingerprint density at radius 3 is 2.27 bits per heavy atom. The first-order valence-electron chi connectivity index (χ1n) is 9.50. The maximum Gasteiger partial charge on any atom is 0.227 e. The largest absolute Gasteiger partial charge is 0.372 e. The van der Waals surface area contributed by atoms with Crippen molar-refractivity contribution < 1.29 is 0 Å². The second-order valence-electron chi connectivity index (χ2n) is 6.83. The van der Waals surface area contributed by atoms with E-state index in [4.69, 9.17) is 4.98 Å². The van der Waals surface area contributed by atoms with Gasteiger partial charge in [-0.05, 0) is 52.1 Å². The second kappa shape index (κ2) is 8.36. The van der Waals surface area contributed by atoms with Gasteiger partial charge in [0.25, 0.3) is 0 Å². The van der Waals surface area contributed by atoms with Gasteiger partial charge >= 0.3 is 0 Å². The van der Waals surface area contributed by atoms with Gasteiger partial charge in [-0.1, -0.05) is 0 Å². The molecule has 1 N–H and O–H groups in total. The van der Waals surface area contributed by atoms with Gasteiger partial charge in [-0.25, -0.2) is 4.98 Å². The van der Waals surface area contributed by atoms with Crippen LogP contribution >= 0.6 is 0 Å². The number of likely N-dealkylation sites (N-methyl/N-ethyl adjacent to an activating group) is 1. The first-order chi connectivity index (χ1) is 12.6. The molecule has 0 unspecified atom stereocenters. The minimum atomic E-state index is 0.820. The molecule has 2 aromatic rings. The topological polar surface area (TPSA) is 47.5 Å². The van der Waals surface area contributed by atoms with Crippen LogP contribution in [-0.2, 0) is 0 Å². The van der Waals surface area contributed by atoms with Crippen molar-refractivity contribution in [1.29, 1.82) is 0 Å². The third-order valence-corrected chi connectivity index (χ3v) is 4.90. The Morgan fingerprint density at radius 1 is 1.00 bits per heavy atom. The van der Waals surface area contributed by atoms with Gasteiger partial charge in [0.2, 0.25) is 5.95 Å². The number of nitrogens with one attached hydrogen (secondary N) is 1. The number of piperazine rings is 1. The van der Waals surface area contributed by atoms with Gasteiger partial charge < -0.3 is 20.0 Å². The maximum absolute atomic E-state index is 4.74. The summed E-state index contributed by atoms with van der Waals surface area (Å²) < 4.78 is 0. The molecule has 1 fully saturated rings. The molecular weight excluding hydrogens is 324 g/mol. The number of aryl methyl sites for hydroxylation is 1. The van der Waals surface area contributed by atoms with Gasteiger partial charge in [0.15, 0.2) is 0 Å². The molecular formula is C20H30N6. The average Bonchev–Trinajstić information content (AvgIpc) is 2.64. The monoisotopic (exact) mass is 354 g/mol. The zero-order chi connectivity index (χ0) is 18.5. The number of anilines is 4. The van der Waals surface area contributed by atoms with Crippen molar-refractivity contribution in [2.24, 2.45) is 0 Å². The molecule has 0 spiro atoms. The molecule has 1 aliphatic heterocycles. The first kappa shape index (κ1) is 18.5. The van der Waals surface area contributed by atoms with Crippen LogP contribution in [0.1, 0.15) is 19.5 Å². The Morgan fingerprint density at radius 2 is 1.65 bits per heavy atom. The summed E-state index contributed by atoms with van der Waals surface area (Å²) in [5.41, 5.74) is 3.28. The number of benzene rings is 1. The number of hydrogen-bond acceptors (Lipinski definition) is 6. The van der Waals surface area contributed by atoms with Gasteiger partial charge in [0, 0.05) is 62.4 Å². The molecule has 6 heteroatoms. The lowest BCUT2D eigenvalue weighted by atomic mass is 10.2. The summed E-state index contributed by atoms with van der Waals surface area (Å²) >= 11 is 0. The molecule has 0 amide bonds. The van der Waals surface area contributed by atoms with Gasteiger partial charge in [-0.2, -0.15) is 4.98 Å². The Hall–Kier alpha value is -2.34. The molecule has 0 bridgehead atoms. The van der Waals surface area contributed by atoms with Crippen LogP contribution in [0.2, 0.25) is 0 Å². The second-order valence-corrected chi connectivity index (χ2v) is 6.83. The zero-order valence-corrected chi connectivity index (χ0v) is 16.4. The van der Waals surface area contributed by atoms with Gasteiger partial charge in [-0.3, -0.25) is 0 Å². The predicted molar refractivity (Wildman–Crippen MR) is 110 cm³/mol. The fraction of sp³-hybridized carbons (Fsp3) is 0.500. The molecule has 1 saturated heterocycles. The first-order valence-corrected chi connectivity index (χ1v) is 9.50. The van der Waals surface area contributed by atoms with Crippen LogP contribution < -0.4 is 15.1 Å². The Bertz CT molecular complexity index is 703. The molecule has 1 aromatic heterocycles. The third-order valence-electron chi connectivity index (χ3n) is 4.90. The van der Waals surface area contributed by atoms with E-state index in [0.29, 0.717) is 0 Å². The number of rotatable bonds is 6. The van der Waals surface area contributed by atoms with Crippen molar-refractivity contribution in [3.8, 4) is 0 Å². The third kappa shape index (κ3) is 4.43. The highest BCUT2D eigenvalue weighted by molar-refractivity contribution is 5.61. The minimum Gasteiger partial charge on any atom is -0.372 e. The van der Waals surface area contributed by atoms with E-state index in [1.807, 2.05) is 13.0 Å². The van der Waals surface area contributed by atoms with E-state index in [0.717, 1.165) is 62.4 Å². The molecule has 1 aromatic carbocycles. The number of aromatic nitrogens is 2. The zero-order valence-electron chi connectivity index (χ0n) is 16.4. The number of nitrogens with zero attached hydrogens (tertiary/aromatic N) is 5. The smallest absolute Gasteiger partial charge is 0.227 e. The van der Waals surface area contributed by atoms with Crippen LogP contribution in [0.25, 0.3) is 0 Å². The van der Waals surface area contributed by atoms with E-state index in [2.05, 4.69) is 70.2 Å². The van der Waals surface area contributed by atoms with Gasteiger partial charge in [0.1, 0.15) is 5.82 Å². The molecule has 0 atom stereocenters. The predicted octanol–water partition coefficient (Wildman–Crippen LogP) is 3.13. The lowest BCUT2D eigenvalue weighted by Crippen LogP contribution is -2.45. The van der Waals surface area contributed by atoms with Crippen molar-refractivity contribution in [2.75, 3.05) is 61.4 Å². The molecule has 0 aliphatic carbocycles. The fourth-order valence-corrected chi connectivity index (χ4v) is 3.26. The van der Waals surface area contributed by atoms with E-state index in [1.165, 1.54) is 5.69 Å². The summed E-state index contributed by atoms with van der Waals surface area (Å²) in [5.74, 6) is 1.67. The molecule has 6 nitrogen and oxygen atoms in total. The van der Waals surface area contributed by atoms with E-state index < -0.39 is 0 Å². The molecule has 1 aliphatic rings. The maximum atomic E-state index is 4.74. The van der Waals surface area contributed by atoms with Crippen molar-refractivity contribution in [3.63, 3.8) is 0 Å². The highest BCUT2D eigenvalue weighted by atomic mass is 15.3. The van der Waals surface area contributed by atoms with Crippen molar-refractivity contribution in [1.82, 2.24) is 14.9 Å². The molecule has 0 radical (unpaired) electrons. The molecule has 3 rings (SSSR count). The highest BCUT2D eigenvalue weighted by Crippen LogP contribution is 2.22. The van der Waals surface area contributed by atoms with E-state index in [-0.39, 0.29) is 0 Å². The standard InChI is InChI=1S/C20H30N6/c1-5-25(6-2)18-9-7-17(8-10-18)22-19-15-16(3)21-20(23-19)26-13-11-24(4)12-14-26/h7-10,15H,5-6,11-14H2,1-4H3,(H,21,22,23).